The van der Waals surface area contributed by atoms with Crippen LogP contribution < -0.4 is 5.32 Å². The molecule has 0 aliphatic heterocycles. The van der Waals surface area contributed by atoms with E-state index >= 15 is 0 Å². The van der Waals surface area contributed by atoms with E-state index in [0.29, 0.717) is 31.3 Å². The van der Waals surface area contributed by atoms with Gasteiger partial charge in [0.1, 0.15) is 0 Å². The molecule has 0 aromatic heterocycles. The highest BCUT2D eigenvalue weighted by Crippen LogP contribution is 2.25. The van der Waals surface area contributed by atoms with E-state index < -0.39 is 18.0 Å². The van der Waals surface area contributed by atoms with Crippen molar-refractivity contribution in [2.24, 2.45) is 0 Å². The number of carbonyl (C=O) groups excluding carboxylic acids is 2. The Balaban J connectivity index is 1.96. The fourth-order valence-corrected chi connectivity index (χ4v) is 2.70. The molecule has 4 nitrogen and oxygen atoms in total. The van der Waals surface area contributed by atoms with Crippen LogP contribution in [-0.2, 0) is 14.3 Å². The lowest BCUT2D eigenvalue weighted by Gasteiger charge is -2.13. The van der Waals surface area contributed by atoms with Crippen molar-refractivity contribution in [3.05, 3.63) is 68.1 Å². The number of nitrogens with one attached hydrogen (secondary N) is 1. The zero-order chi connectivity index (χ0) is 19.3. The van der Waals surface area contributed by atoms with Crippen molar-refractivity contribution in [2.45, 2.75) is 13.0 Å². The Kier molecular flexibility index (Phi) is 7.35. The topological polar surface area (TPSA) is 55.4 Å². The summed E-state index contributed by atoms with van der Waals surface area (Å²) in [5.41, 5.74) is 0.923. The van der Waals surface area contributed by atoms with Gasteiger partial charge in [0.15, 0.2) is 6.10 Å². The van der Waals surface area contributed by atoms with Gasteiger partial charge in [0.05, 0.1) is 10.7 Å². The summed E-state index contributed by atoms with van der Waals surface area (Å²) in [6.07, 6.45) is 1.60. The Morgan fingerprint density at radius 1 is 1.00 bits per heavy atom. The van der Waals surface area contributed by atoms with Gasteiger partial charge in [-0.05, 0) is 48.9 Å². The molecule has 0 radical (unpaired) electrons. The van der Waals surface area contributed by atoms with Gasteiger partial charge in [-0.2, -0.15) is 0 Å². The molecule has 1 atom stereocenters. The van der Waals surface area contributed by atoms with Gasteiger partial charge in [-0.1, -0.05) is 52.5 Å². The summed E-state index contributed by atoms with van der Waals surface area (Å²) in [6.45, 7) is 1.44. The van der Waals surface area contributed by atoms with E-state index in [4.69, 9.17) is 51.1 Å². The molecule has 0 aliphatic rings. The molecule has 136 valence electrons. The zero-order valence-electron chi connectivity index (χ0n) is 13.4. The number of hydrogen-bond donors (Lipinski definition) is 1. The van der Waals surface area contributed by atoms with E-state index in [2.05, 4.69) is 5.32 Å². The second-order valence-electron chi connectivity index (χ2n) is 5.19. The van der Waals surface area contributed by atoms with Crippen LogP contribution in [0.15, 0.2) is 42.5 Å². The van der Waals surface area contributed by atoms with E-state index in [1.165, 1.54) is 25.1 Å². The molecule has 0 saturated heterocycles. The minimum absolute atomic E-state index is 0.318. The molecular weight excluding hydrogens is 420 g/mol. The van der Waals surface area contributed by atoms with Crippen LogP contribution in [0.4, 0.5) is 5.69 Å². The highest BCUT2D eigenvalue weighted by molar-refractivity contribution is 6.36. The Hall–Kier alpha value is -1.72. The number of esters is 1. The van der Waals surface area contributed by atoms with Crippen LogP contribution in [0.3, 0.4) is 0 Å². The molecule has 1 N–H and O–H groups in total. The first-order chi connectivity index (χ1) is 12.3. The quantitative estimate of drug-likeness (QED) is 0.473. The first-order valence-corrected chi connectivity index (χ1v) is 8.87. The van der Waals surface area contributed by atoms with Gasteiger partial charge < -0.3 is 10.1 Å². The monoisotopic (exact) mass is 431 g/mol. The predicted octanol–water partition coefficient (Wildman–Crippen LogP) is 5.88. The molecule has 0 heterocycles. The Morgan fingerprint density at radius 3 is 2.35 bits per heavy atom. The second kappa shape index (κ2) is 9.28. The average molecular weight is 433 g/mol. The Bertz CT molecular complexity index is 868. The molecule has 0 aliphatic carbocycles. The molecule has 2 aromatic rings. The predicted molar refractivity (Wildman–Crippen MR) is 106 cm³/mol. The van der Waals surface area contributed by atoms with Crippen LogP contribution in [0.5, 0.6) is 0 Å². The first-order valence-electron chi connectivity index (χ1n) is 7.36. The maximum atomic E-state index is 12.1. The van der Waals surface area contributed by atoms with Crippen LogP contribution in [0.25, 0.3) is 6.08 Å². The fourth-order valence-electron chi connectivity index (χ4n) is 1.89. The number of halogens is 4. The summed E-state index contributed by atoms with van der Waals surface area (Å²) in [5, 5.41) is 4.16. The van der Waals surface area contributed by atoms with Gasteiger partial charge in [0, 0.05) is 21.1 Å². The molecule has 0 bridgehead atoms. The number of ether oxygens (including phenoxy) is 1. The smallest absolute Gasteiger partial charge is 0.331 e. The molecule has 0 spiro atoms. The second-order valence-corrected chi connectivity index (χ2v) is 6.88. The Morgan fingerprint density at radius 2 is 1.65 bits per heavy atom. The highest BCUT2D eigenvalue weighted by atomic mass is 35.5. The number of rotatable bonds is 5. The van der Waals surface area contributed by atoms with Crippen molar-refractivity contribution in [3.8, 4) is 0 Å². The summed E-state index contributed by atoms with van der Waals surface area (Å²) in [7, 11) is 0. The first kappa shape index (κ1) is 20.6. The lowest BCUT2D eigenvalue weighted by Crippen LogP contribution is -2.29. The van der Waals surface area contributed by atoms with Gasteiger partial charge in [-0.25, -0.2) is 4.79 Å². The molecule has 1 amide bonds. The molecule has 0 fully saturated rings. The third kappa shape index (κ3) is 5.92. The van der Waals surface area contributed by atoms with Gasteiger partial charge in [-0.15, -0.1) is 0 Å². The summed E-state index contributed by atoms with van der Waals surface area (Å²) in [6, 6.07) is 9.50. The van der Waals surface area contributed by atoms with E-state index in [0.717, 1.165) is 0 Å². The average Bonchev–Trinajstić information content (AvgIpc) is 2.57. The maximum Gasteiger partial charge on any atom is 0.331 e. The SMILES string of the molecule is CC(OC(=O)/C=C/c1ccc(Cl)cc1Cl)C(=O)Nc1cc(Cl)ccc1Cl. The van der Waals surface area contributed by atoms with Gasteiger partial charge in [0.2, 0.25) is 0 Å². The largest absolute Gasteiger partial charge is 0.449 e. The molecule has 26 heavy (non-hydrogen) atoms. The van der Waals surface area contributed by atoms with Crippen molar-refractivity contribution >= 4 is 70.0 Å². The zero-order valence-corrected chi connectivity index (χ0v) is 16.5. The lowest BCUT2D eigenvalue weighted by molar-refractivity contribution is -0.148. The van der Waals surface area contributed by atoms with Crippen molar-refractivity contribution in [1.82, 2.24) is 0 Å². The number of anilines is 1. The molecule has 2 rings (SSSR count). The Labute approximate surface area is 170 Å². The van der Waals surface area contributed by atoms with Crippen LogP contribution in [-0.4, -0.2) is 18.0 Å². The molecule has 1 unspecified atom stereocenters. The van der Waals surface area contributed by atoms with Crippen molar-refractivity contribution < 1.29 is 14.3 Å². The summed E-state index contributed by atoms with van der Waals surface area (Å²) < 4.78 is 5.06. The highest BCUT2D eigenvalue weighted by Gasteiger charge is 2.18. The minimum atomic E-state index is -1.04. The summed E-state index contributed by atoms with van der Waals surface area (Å²) >= 11 is 23.7. The van der Waals surface area contributed by atoms with Crippen LogP contribution in [0, 0.1) is 0 Å². The van der Waals surface area contributed by atoms with Crippen molar-refractivity contribution in [1.29, 1.82) is 0 Å². The maximum absolute atomic E-state index is 12.1. The van der Waals surface area contributed by atoms with E-state index in [1.54, 1.807) is 30.3 Å². The van der Waals surface area contributed by atoms with Crippen molar-refractivity contribution in [3.63, 3.8) is 0 Å². The number of amides is 1. The standard InChI is InChI=1S/C18H13Cl4NO3/c1-10(18(25)23-16-9-13(20)5-6-14(16)21)26-17(24)7-3-11-2-4-12(19)8-15(11)22/h2-10H,1H3,(H,23,25)/b7-3+. The third-order valence-corrected chi connectivity index (χ3v) is 4.34. The molecule has 0 saturated carbocycles. The normalized spacial score (nSPS) is 12.0. The minimum Gasteiger partial charge on any atom is -0.449 e. The molecule has 2 aromatic carbocycles. The number of carbonyl (C=O) groups is 2. The third-order valence-electron chi connectivity index (χ3n) is 3.21. The van der Waals surface area contributed by atoms with Crippen LogP contribution in [0.1, 0.15) is 12.5 Å². The van der Waals surface area contributed by atoms with Crippen LogP contribution >= 0.6 is 46.4 Å². The molecular formula is C18H13Cl4NO3. The lowest BCUT2D eigenvalue weighted by atomic mass is 10.2. The number of benzene rings is 2. The van der Waals surface area contributed by atoms with Crippen molar-refractivity contribution in [2.75, 3.05) is 5.32 Å². The van der Waals surface area contributed by atoms with Gasteiger partial charge in [-0.3, -0.25) is 4.79 Å². The van der Waals surface area contributed by atoms with Gasteiger partial charge in [0.25, 0.3) is 5.91 Å². The molecule has 8 heteroatoms. The van der Waals surface area contributed by atoms with Gasteiger partial charge >= 0.3 is 5.97 Å². The fraction of sp³-hybridized carbons (Fsp3) is 0.111. The summed E-state index contributed by atoms with van der Waals surface area (Å²) in [5.74, 6) is -1.24. The van der Waals surface area contributed by atoms with E-state index in [-0.39, 0.29) is 0 Å². The van der Waals surface area contributed by atoms with Crippen LogP contribution in [0.2, 0.25) is 20.1 Å². The number of hydrogen-bond acceptors (Lipinski definition) is 3. The van der Waals surface area contributed by atoms with E-state index in [1.807, 2.05) is 0 Å². The summed E-state index contributed by atoms with van der Waals surface area (Å²) in [4.78, 5) is 24.0. The van der Waals surface area contributed by atoms with E-state index in [9.17, 15) is 9.59 Å².